The maximum Gasteiger partial charge on any atom is 0.261 e. The van der Waals surface area contributed by atoms with Gasteiger partial charge in [0.15, 0.2) is 11.5 Å². The minimum absolute atomic E-state index is 0.104. The largest absolute Gasteiger partial charge is 0.490 e. The monoisotopic (exact) mass is 681 g/mol. The van der Waals surface area contributed by atoms with Crippen molar-refractivity contribution in [2.75, 3.05) is 44.9 Å². The minimum atomic E-state index is -3.90. The van der Waals surface area contributed by atoms with Crippen molar-refractivity contribution in [3.63, 3.8) is 0 Å². The molecule has 2 aliphatic heterocycles. The lowest BCUT2D eigenvalue weighted by Crippen LogP contribution is -2.47. The van der Waals surface area contributed by atoms with Crippen LogP contribution in [-0.4, -0.2) is 87.6 Å². The maximum atomic E-state index is 14.4. The number of anilines is 1. The van der Waals surface area contributed by atoms with Crippen molar-refractivity contribution >= 4 is 21.6 Å². The zero-order chi connectivity index (χ0) is 34.3. The van der Waals surface area contributed by atoms with Crippen LogP contribution in [-0.2, 0) is 21.3 Å². The van der Waals surface area contributed by atoms with E-state index in [9.17, 15) is 18.3 Å². The van der Waals surface area contributed by atoms with Crippen molar-refractivity contribution in [2.45, 2.75) is 69.7 Å². The molecule has 5 rings (SSSR count). The number of hydrogen-bond donors (Lipinski definition) is 2. The molecular formula is C36H47N3O8S. The van der Waals surface area contributed by atoms with Crippen LogP contribution in [0, 0.1) is 5.92 Å². The molecule has 0 fully saturated rings. The summed E-state index contributed by atoms with van der Waals surface area (Å²) in [7, 11) is -1.85. The summed E-state index contributed by atoms with van der Waals surface area (Å²) in [6.07, 6.45) is 2.08. The molecule has 3 aromatic carbocycles. The molecule has 2 aliphatic rings. The first kappa shape index (κ1) is 35.5. The molecule has 11 nitrogen and oxygen atoms in total. The number of fused-ring (bicyclic) bond motifs is 2. The number of ether oxygens (including phenoxy) is 4. The van der Waals surface area contributed by atoms with Gasteiger partial charge in [-0.3, -0.25) is 14.4 Å². The second kappa shape index (κ2) is 16.0. The van der Waals surface area contributed by atoms with E-state index in [0.717, 1.165) is 36.3 Å². The van der Waals surface area contributed by atoms with Crippen molar-refractivity contribution in [3.05, 3.63) is 77.9 Å². The Morgan fingerprint density at radius 1 is 1.00 bits per heavy atom. The number of nitrogens with one attached hydrogen (secondary N) is 1. The van der Waals surface area contributed by atoms with E-state index in [2.05, 4.69) is 16.5 Å². The molecule has 0 spiro atoms. The van der Waals surface area contributed by atoms with E-state index in [1.807, 2.05) is 32.2 Å². The third kappa shape index (κ3) is 8.98. The van der Waals surface area contributed by atoms with E-state index >= 15 is 0 Å². The third-order valence-electron chi connectivity index (χ3n) is 8.74. The molecule has 0 saturated heterocycles. The Morgan fingerprint density at radius 2 is 1.75 bits per heavy atom. The summed E-state index contributed by atoms with van der Waals surface area (Å²) in [5, 5.41) is 10.3. The summed E-state index contributed by atoms with van der Waals surface area (Å²) < 4.78 is 52.7. The van der Waals surface area contributed by atoms with Crippen LogP contribution in [0.2, 0.25) is 0 Å². The summed E-state index contributed by atoms with van der Waals surface area (Å²) in [5.74, 6) is 1.38. The molecule has 2 N–H and O–H groups in total. The van der Waals surface area contributed by atoms with Crippen LogP contribution in [0.3, 0.4) is 0 Å². The quantitative estimate of drug-likeness (QED) is 0.316. The first-order chi connectivity index (χ1) is 23.0. The van der Waals surface area contributed by atoms with Gasteiger partial charge in [-0.05, 0) is 88.2 Å². The van der Waals surface area contributed by atoms with Crippen LogP contribution in [0.5, 0.6) is 17.2 Å². The Bertz CT molecular complexity index is 1640. The van der Waals surface area contributed by atoms with Crippen molar-refractivity contribution < 1.29 is 37.3 Å². The fourth-order valence-corrected chi connectivity index (χ4v) is 7.06. The van der Waals surface area contributed by atoms with Gasteiger partial charge in [-0.15, -0.1) is 0 Å². The molecule has 260 valence electrons. The predicted molar refractivity (Wildman–Crippen MR) is 183 cm³/mol. The minimum Gasteiger partial charge on any atom is -0.490 e. The molecule has 0 saturated carbocycles. The fourth-order valence-electron chi connectivity index (χ4n) is 5.99. The highest BCUT2D eigenvalue weighted by molar-refractivity contribution is 7.92. The lowest BCUT2D eigenvalue weighted by atomic mass is 10.0. The van der Waals surface area contributed by atoms with Gasteiger partial charge < -0.3 is 29.0 Å². The van der Waals surface area contributed by atoms with E-state index in [1.165, 1.54) is 18.2 Å². The highest BCUT2D eigenvalue weighted by Crippen LogP contribution is 2.33. The number of nitrogens with zero attached hydrogens (tertiary/aromatic N) is 2. The summed E-state index contributed by atoms with van der Waals surface area (Å²) in [6.45, 7) is 7.94. The van der Waals surface area contributed by atoms with Gasteiger partial charge in [0, 0.05) is 37.8 Å². The summed E-state index contributed by atoms with van der Waals surface area (Å²) in [4.78, 5) is 18.3. The maximum absolute atomic E-state index is 14.4. The second-order valence-electron chi connectivity index (χ2n) is 12.8. The third-order valence-corrected chi connectivity index (χ3v) is 10.1. The van der Waals surface area contributed by atoms with E-state index in [1.54, 1.807) is 42.2 Å². The van der Waals surface area contributed by atoms with Gasteiger partial charge in [0.25, 0.3) is 15.9 Å². The number of aliphatic hydroxyl groups is 1. The molecule has 0 bridgehead atoms. The Kier molecular flexibility index (Phi) is 11.9. The molecule has 0 radical (unpaired) electrons. The van der Waals surface area contributed by atoms with Crippen molar-refractivity contribution in [1.29, 1.82) is 0 Å². The average Bonchev–Trinajstić information content (AvgIpc) is 3.54. The number of aliphatic hydroxyl groups excluding tert-OH is 1. The van der Waals surface area contributed by atoms with Crippen molar-refractivity contribution in [1.82, 2.24) is 9.80 Å². The zero-order valence-electron chi connectivity index (χ0n) is 28.1. The molecule has 0 aliphatic carbocycles. The van der Waals surface area contributed by atoms with Gasteiger partial charge in [0.05, 0.1) is 35.3 Å². The van der Waals surface area contributed by atoms with Gasteiger partial charge in [-0.2, -0.15) is 0 Å². The number of sulfonamides is 1. The lowest BCUT2D eigenvalue weighted by molar-refractivity contribution is -0.0177. The standard InChI is InChI=1S/C36H47N3O8S/c1-25-20-39(26(2)23-40)36(41)31-19-29(37-48(42,43)30-11-6-5-7-12-30)14-16-32(31)47-27(3)10-8-9-17-44-35(25)22-38(4)21-28-13-15-33-34(18-28)46-24-45-33/h5-7,11-16,18-19,25-27,35,37,40H,8-10,17,20-24H2,1-4H3/t25-,26-,27-,35+/m1/s1. The number of hydrogen-bond acceptors (Lipinski definition) is 9. The normalized spacial score (nSPS) is 21.2. The van der Waals surface area contributed by atoms with Gasteiger partial charge in [0.1, 0.15) is 5.75 Å². The van der Waals surface area contributed by atoms with E-state index in [4.69, 9.17) is 18.9 Å². The van der Waals surface area contributed by atoms with Crippen LogP contribution in [0.25, 0.3) is 0 Å². The Hall–Kier alpha value is -3.84. The zero-order valence-corrected chi connectivity index (χ0v) is 28.9. The van der Waals surface area contributed by atoms with Gasteiger partial charge >= 0.3 is 0 Å². The summed E-state index contributed by atoms with van der Waals surface area (Å²) in [5.41, 5.74) is 1.54. The Labute approximate surface area is 283 Å². The lowest BCUT2D eigenvalue weighted by Gasteiger charge is -2.36. The van der Waals surface area contributed by atoms with Crippen LogP contribution < -0.4 is 18.9 Å². The van der Waals surface area contributed by atoms with Crippen LogP contribution >= 0.6 is 0 Å². The fraction of sp³-hybridized carbons (Fsp3) is 0.472. The molecule has 0 aromatic heterocycles. The Balaban J connectivity index is 1.40. The van der Waals surface area contributed by atoms with E-state index in [-0.39, 0.29) is 53.6 Å². The van der Waals surface area contributed by atoms with Crippen LogP contribution in [0.4, 0.5) is 5.69 Å². The topological polar surface area (TPSA) is 127 Å². The number of carbonyl (C=O) groups is 1. The number of amides is 1. The van der Waals surface area contributed by atoms with E-state index < -0.39 is 16.1 Å². The first-order valence-corrected chi connectivity index (χ1v) is 18.0. The highest BCUT2D eigenvalue weighted by atomic mass is 32.2. The van der Waals surface area contributed by atoms with Crippen molar-refractivity contribution in [2.24, 2.45) is 5.92 Å². The number of benzene rings is 3. The first-order valence-electron chi connectivity index (χ1n) is 16.5. The number of carbonyl (C=O) groups excluding carboxylic acids is 1. The molecule has 4 atom stereocenters. The van der Waals surface area contributed by atoms with Gasteiger partial charge in [0.2, 0.25) is 6.79 Å². The Morgan fingerprint density at radius 3 is 2.52 bits per heavy atom. The molecule has 48 heavy (non-hydrogen) atoms. The number of likely N-dealkylation sites (N-methyl/N-ethyl adjacent to an activating group) is 1. The summed E-state index contributed by atoms with van der Waals surface area (Å²) >= 11 is 0. The highest BCUT2D eigenvalue weighted by Gasteiger charge is 2.31. The van der Waals surface area contributed by atoms with Crippen LogP contribution in [0.1, 0.15) is 56.0 Å². The SMILES string of the molecule is C[C@@H]1CCCCO[C@@H](CN(C)Cc2ccc3c(c2)OCO3)[C@H](C)CN([C@H](C)CO)C(=O)c2cc(NS(=O)(=O)c3ccccc3)ccc2O1. The van der Waals surface area contributed by atoms with Gasteiger partial charge in [-0.1, -0.05) is 31.2 Å². The van der Waals surface area contributed by atoms with Crippen molar-refractivity contribution in [3.8, 4) is 17.2 Å². The molecule has 1 amide bonds. The van der Waals surface area contributed by atoms with Crippen LogP contribution in [0.15, 0.2) is 71.6 Å². The van der Waals surface area contributed by atoms with Gasteiger partial charge in [-0.25, -0.2) is 8.42 Å². The molecule has 0 unspecified atom stereocenters. The molecular weight excluding hydrogens is 634 g/mol. The second-order valence-corrected chi connectivity index (χ2v) is 14.5. The smallest absolute Gasteiger partial charge is 0.261 e. The predicted octanol–water partition coefficient (Wildman–Crippen LogP) is 5.14. The summed E-state index contributed by atoms with van der Waals surface area (Å²) in [6, 6.07) is 18.3. The molecule has 2 heterocycles. The number of rotatable bonds is 9. The molecule has 12 heteroatoms. The average molecular weight is 682 g/mol. The van der Waals surface area contributed by atoms with E-state index in [0.29, 0.717) is 32.0 Å². The molecule has 3 aromatic rings.